The molecule has 1 aromatic rings. The summed E-state index contributed by atoms with van der Waals surface area (Å²) in [6.45, 7) is 2.23. The van der Waals surface area contributed by atoms with Crippen LogP contribution >= 0.6 is 0 Å². The summed E-state index contributed by atoms with van der Waals surface area (Å²) in [5, 5.41) is 3.43. The number of anilines is 1. The van der Waals surface area contributed by atoms with Crippen molar-refractivity contribution in [2.24, 2.45) is 5.92 Å². The normalized spacial score (nSPS) is 18.0. The van der Waals surface area contributed by atoms with Crippen molar-refractivity contribution < 1.29 is 4.74 Å². The SMILES string of the molecule is COc1ccc(NC(C)C2CCC2)nc1. The molecule has 1 aromatic heterocycles. The molecule has 0 spiro atoms. The van der Waals surface area contributed by atoms with Crippen LogP contribution in [0.3, 0.4) is 0 Å². The van der Waals surface area contributed by atoms with Gasteiger partial charge in [0, 0.05) is 6.04 Å². The summed E-state index contributed by atoms with van der Waals surface area (Å²) in [6.07, 6.45) is 5.83. The van der Waals surface area contributed by atoms with Gasteiger partial charge in [-0.1, -0.05) is 6.42 Å². The van der Waals surface area contributed by atoms with Crippen LogP contribution in [0.5, 0.6) is 5.75 Å². The molecular weight excluding hydrogens is 188 g/mol. The van der Waals surface area contributed by atoms with Crippen LogP contribution in [0.15, 0.2) is 18.3 Å². The second-order valence-corrected chi connectivity index (χ2v) is 4.21. The van der Waals surface area contributed by atoms with Gasteiger partial charge >= 0.3 is 0 Å². The van der Waals surface area contributed by atoms with Crippen molar-refractivity contribution >= 4 is 5.82 Å². The number of pyridine rings is 1. The Kier molecular flexibility index (Phi) is 3.09. The Balaban J connectivity index is 1.91. The number of rotatable bonds is 4. The summed E-state index contributed by atoms with van der Waals surface area (Å²) < 4.78 is 5.06. The number of nitrogens with one attached hydrogen (secondary N) is 1. The Bertz CT molecular complexity index is 306. The van der Waals surface area contributed by atoms with Gasteiger partial charge in [0.05, 0.1) is 13.3 Å². The van der Waals surface area contributed by atoms with E-state index in [1.165, 1.54) is 19.3 Å². The third-order valence-electron chi connectivity index (χ3n) is 3.20. The van der Waals surface area contributed by atoms with Gasteiger partial charge in [-0.25, -0.2) is 4.98 Å². The van der Waals surface area contributed by atoms with E-state index in [-0.39, 0.29) is 0 Å². The zero-order valence-corrected chi connectivity index (χ0v) is 9.36. The van der Waals surface area contributed by atoms with Crippen LogP contribution < -0.4 is 10.1 Å². The number of methoxy groups -OCH3 is 1. The van der Waals surface area contributed by atoms with E-state index in [1.54, 1.807) is 13.3 Å². The van der Waals surface area contributed by atoms with Crippen molar-refractivity contribution in [2.45, 2.75) is 32.2 Å². The lowest BCUT2D eigenvalue weighted by Gasteiger charge is -2.32. The molecule has 15 heavy (non-hydrogen) atoms. The van der Waals surface area contributed by atoms with Gasteiger partial charge in [-0.3, -0.25) is 0 Å². The standard InChI is InChI=1S/C12H18N2O/c1-9(10-4-3-5-10)14-12-7-6-11(15-2)8-13-12/h6-10H,3-5H2,1-2H3,(H,13,14). The summed E-state index contributed by atoms with van der Waals surface area (Å²) in [5.74, 6) is 2.57. The highest BCUT2D eigenvalue weighted by atomic mass is 16.5. The zero-order chi connectivity index (χ0) is 10.7. The molecule has 0 bridgehead atoms. The zero-order valence-electron chi connectivity index (χ0n) is 9.36. The van der Waals surface area contributed by atoms with Crippen LogP contribution in [0.4, 0.5) is 5.82 Å². The topological polar surface area (TPSA) is 34.1 Å². The first kappa shape index (κ1) is 10.3. The van der Waals surface area contributed by atoms with Gasteiger partial charge in [-0.05, 0) is 37.8 Å². The monoisotopic (exact) mass is 206 g/mol. The average Bonchev–Trinajstić information content (AvgIpc) is 2.16. The van der Waals surface area contributed by atoms with Gasteiger partial charge in [-0.2, -0.15) is 0 Å². The van der Waals surface area contributed by atoms with Crippen molar-refractivity contribution in [3.8, 4) is 5.75 Å². The molecule has 1 aliphatic carbocycles. The molecule has 1 atom stereocenters. The van der Waals surface area contributed by atoms with E-state index in [0.29, 0.717) is 6.04 Å². The highest BCUT2D eigenvalue weighted by molar-refractivity contribution is 5.38. The predicted molar refractivity (Wildman–Crippen MR) is 61.2 cm³/mol. The maximum atomic E-state index is 5.06. The van der Waals surface area contributed by atoms with Crippen LogP contribution in [-0.2, 0) is 0 Å². The van der Waals surface area contributed by atoms with Crippen LogP contribution in [-0.4, -0.2) is 18.1 Å². The van der Waals surface area contributed by atoms with Gasteiger partial charge < -0.3 is 10.1 Å². The summed E-state index contributed by atoms with van der Waals surface area (Å²) in [6, 6.07) is 4.43. The predicted octanol–water partition coefficient (Wildman–Crippen LogP) is 2.69. The summed E-state index contributed by atoms with van der Waals surface area (Å²) in [5.41, 5.74) is 0. The van der Waals surface area contributed by atoms with Crippen molar-refractivity contribution in [3.05, 3.63) is 18.3 Å². The van der Waals surface area contributed by atoms with E-state index in [1.807, 2.05) is 12.1 Å². The molecular formula is C12H18N2O. The molecule has 0 saturated heterocycles. The van der Waals surface area contributed by atoms with E-state index in [2.05, 4.69) is 17.2 Å². The molecule has 0 aromatic carbocycles. The van der Waals surface area contributed by atoms with Gasteiger partial charge in [0.1, 0.15) is 11.6 Å². The first-order valence-electron chi connectivity index (χ1n) is 5.56. The van der Waals surface area contributed by atoms with Crippen molar-refractivity contribution in [1.29, 1.82) is 0 Å². The smallest absolute Gasteiger partial charge is 0.137 e. The lowest BCUT2D eigenvalue weighted by atomic mass is 9.80. The molecule has 1 unspecified atom stereocenters. The van der Waals surface area contributed by atoms with E-state index >= 15 is 0 Å². The minimum Gasteiger partial charge on any atom is -0.495 e. The van der Waals surface area contributed by atoms with Crippen LogP contribution in [0.25, 0.3) is 0 Å². The Labute approximate surface area is 90.9 Å². The molecule has 3 heteroatoms. The van der Waals surface area contributed by atoms with Crippen LogP contribution in [0.2, 0.25) is 0 Å². The van der Waals surface area contributed by atoms with E-state index < -0.39 is 0 Å². The summed E-state index contributed by atoms with van der Waals surface area (Å²) in [7, 11) is 1.65. The minimum absolute atomic E-state index is 0.527. The molecule has 0 amide bonds. The Morgan fingerprint density at radius 3 is 2.73 bits per heavy atom. The largest absolute Gasteiger partial charge is 0.495 e. The highest BCUT2D eigenvalue weighted by Crippen LogP contribution is 2.30. The van der Waals surface area contributed by atoms with Gasteiger partial charge in [0.2, 0.25) is 0 Å². The van der Waals surface area contributed by atoms with Crippen molar-refractivity contribution in [3.63, 3.8) is 0 Å². The third kappa shape index (κ3) is 2.41. The molecule has 1 saturated carbocycles. The molecule has 3 nitrogen and oxygen atoms in total. The molecule has 1 fully saturated rings. The second-order valence-electron chi connectivity index (χ2n) is 4.21. The first-order valence-corrected chi connectivity index (χ1v) is 5.56. The number of nitrogens with zero attached hydrogens (tertiary/aromatic N) is 1. The van der Waals surface area contributed by atoms with Gasteiger partial charge in [-0.15, -0.1) is 0 Å². The quantitative estimate of drug-likeness (QED) is 0.822. The number of hydrogen-bond donors (Lipinski definition) is 1. The third-order valence-corrected chi connectivity index (χ3v) is 3.20. The lowest BCUT2D eigenvalue weighted by molar-refractivity contribution is 0.285. The molecule has 0 aliphatic heterocycles. The fourth-order valence-electron chi connectivity index (χ4n) is 1.88. The maximum Gasteiger partial charge on any atom is 0.137 e. The van der Waals surface area contributed by atoms with Gasteiger partial charge in [0.25, 0.3) is 0 Å². The van der Waals surface area contributed by atoms with E-state index in [4.69, 9.17) is 4.74 Å². The van der Waals surface area contributed by atoms with E-state index in [0.717, 1.165) is 17.5 Å². The second kappa shape index (κ2) is 4.51. The van der Waals surface area contributed by atoms with Crippen molar-refractivity contribution in [2.75, 3.05) is 12.4 Å². The minimum atomic E-state index is 0.527. The summed E-state index contributed by atoms with van der Waals surface area (Å²) >= 11 is 0. The number of aromatic nitrogens is 1. The first-order chi connectivity index (χ1) is 7.29. The lowest BCUT2D eigenvalue weighted by Crippen LogP contribution is -2.31. The molecule has 0 radical (unpaired) electrons. The molecule has 1 N–H and O–H groups in total. The molecule has 2 rings (SSSR count). The number of ether oxygens (including phenoxy) is 1. The van der Waals surface area contributed by atoms with Gasteiger partial charge in [0.15, 0.2) is 0 Å². The fraction of sp³-hybridized carbons (Fsp3) is 0.583. The Morgan fingerprint density at radius 2 is 2.27 bits per heavy atom. The number of hydrogen-bond acceptors (Lipinski definition) is 3. The van der Waals surface area contributed by atoms with E-state index in [9.17, 15) is 0 Å². The fourth-order valence-corrected chi connectivity index (χ4v) is 1.88. The van der Waals surface area contributed by atoms with Crippen molar-refractivity contribution in [1.82, 2.24) is 4.98 Å². The van der Waals surface area contributed by atoms with Crippen LogP contribution in [0, 0.1) is 5.92 Å². The molecule has 1 heterocycles. The molecule has 1 aliphatic rings. The van der Waals surface area contributed by atoms with Crippen LogP contribution in [0.1, 0.15) is 26.2 Å². The highest BCUT2D eigenvalue weighted by Gasteiger charge is 2.23. The maximum absolute atomic E-state index is 5.06. The Morgan fingerprint density at radius 1 is 1.47 bits per heavy atom. The average molecular weight is 206 g/mol. The molecule has 82 valence electrons. The Hall–Kier alpha value is -1.25. The summed E-state index contributed by atoms with van der Waals surface area (Å²) in [4.78, 5) is 4.29.